The number of fused-ring (bicyclic) bond motifs is 2. The van der Waals surface area contributed by atoms with E-state index < -0.39 is 6.10 Å². The van der Waals surface area contributed by atoms with Gasteiger partial charge in [-0.2, -0.15) is 0 Å². The summed E-state index contributed by atoms with van der Waals surface area (Å²) >= 11 is 0. The maximum absolute atomic E-state index is 12.3. The van der Waals surface area contributed by atoms with Crippen LogP contribution >= 0.6 is 0 Å². The molecule has 5 heteroatoms. The second-order valence-electron chi connectivity index (χ2n) is 6.01. The molecule has 0 saturated heterocycles. The van der Waals surface area contributed by atoms with Crippen molar-refractivity contribution in [2.75, 3.05) is 6.54 Å². The van der Waals surface area contributed by atoms with Gasteiger partial charge in [0, 0.05) is 19.5 Å². The van der Waals surface area contributed by atoms with E-state index in [2.05, 4.69) is 14.9 Å². The summed E-state index contributed by atoms with van der Waals surface area (Å²) in [4.78, 5) is 16.9. The first-order valence-electron chi connectivity index (χ1n) is 8.16. The maximum Gasteiger partial charge on any atom is 0.261 e. The minimum atomic E-state index is -0.428. The Kier molecular flexibility index (Phi) is 3.69. The number of ether oxygens (including phenoxy) is 1. The van der Waals surface area contributed by atoms with E-state index in [1.165, 1.54) is 0 Å². The summed E-state index contributed by atoms with van der Waals surface area (Å²) in [6.45, 7) is 3.23. The molecular formula is C19H19N3O2. The van der Waals surface area contributed by atoms with Crippen molar-refractivity contribution in [3.8, 4) is 5.75 Å². The second kappa shape index (κ2) is 6.00. The van der Waals surface area contributed by atoms with E-state index in [0.29, 0.717) is 19.5 Å². The van der Waals surface area contributed by atoms with Crippen molar-refractivity contribution in [2.45, 2.75) is 26.0 Å². The molecule has 1 aliphatic rings. The zero-order valence-corrected chi connectivity index (χ0v) is 13.5. The van der Waals surface area contributed by atoms with Crippen LogP contribution in [0.2, 0.25) is 0 Å². The van der Waals surface area contributed by atoms with Crippen LogP contribution in [0.25, 0.3) is 11.0 Å². The zero-order chi connectivity index (χ0) is 16.5. The molecule has 1 aromatic heterocycles. The van der Waals surface area contributed by atoms with Gasteiger partial charge in [0.25, 0.3) is 5.91 Å². The van der Waals surface area contributed by atoms with Crippen molar-refractivity contribution in [3.63, 3.8) is 0 Å². The normalized spacial score (nSPS) is 16.0. The summed E-state index contributed by atoms with van der Waals surface area (Å²) in [5.41, 5.74) is 3.17. The third-order valence-electron chi connectivity index (χ3n) is 4.42. The Morgan fingerprint density at radius 1 is 1.25 bits per heavy atom. The van der Waals surface area contributed by atoms with E-state index in [9.17, 15) is 4.79 Å². The first kappa shape index (κ1) is 14.8. The molecule has 1 atom stereocenters. The third kappa shape index (κ3) is 2.62. The van der Waals surface area contributed by atoms with Gasteiger partial charge in [-0.25, -0.2) is 4.98 Å². The predicted molar refractivity (Wildman–Crippen MR) is 92.0 cm³/mol. The highest BCUT2D eigenvalue weighted by Gasteiger charge is 2.28. The molecule has 0 fully saturated rings. The number of carbonyl (C=O) groups excluding carboxylic acids is 1. The molecule has 5 nitrogen and oxygen atoms in total. The lowest BCUT2D eigenvalue weighted by Gasteiger charge is -2.12. The summed E-state index contributed by atoms with van der Waals surface area (Å²) in [6.07, 6.45) is 0.206. The van der Waals surface area contributed by atoms with Crippen LogP contribution < -0.4 is 10.1 Å². The van der Waals surface area contributed by atoms with E-state index in [-0.39, 0.29) is 5.91 Å². The van der Waals surface area contributed by atoms with Crippen LogP contribution in [0.3, 0.4) is 0 Å². The fraction of sp³-hybridized carbons (Fsp3) is 0.263. The molecule has 0 radical (unpaired) electrons. The average molecular weight is 321 g/mol. The first-order chi connectivity index (χ1) is 11.7. The Bertz CT molecular complexity index is 876. The molecular weight excluding hydrogens is 302 g/mol. The fourth-order valence-corrected chi connectivity index (χ4v) is 3.21. The Morgan fingerprint density at radius 3 is 2.92 bits per heavy atom. The number of rotatable bonds is 4. The highest BCUT2D eigenvalue weighted by Crippen LogP contribution is 2.28. The molecule has 0 spiro atoms. The monoisotopic (exact) mass is 321 g/mol. The quantitative estimate of drug-likeness (QED) is 0.803. The van der Waals surface area contributed by atoms with Crippen LogP contribution in [-0.4, -0.2) is 28.1 Å². The van der Waals surface area contributed by atoms with Gasteiger partial charge in [0.1, 0.15) is 11.6 Å². The van der Waals surface area contributed by atoms with Crippen molar-refractivity contribution in [3.05, 3.63) is 59.9 Å². The zero-order valence-electron chi connectivity index (χ0n) is 13.5. The van der Waals surface area contributed by atoms with Gasteiger partial charge in [0.15, 0.2) is 6.10 Å². The van der Waals surface area contributed by atoms with E-state index in [1.54, 1.807) is 0 Å². The van der Waals surface area contributed by atoms with Gasteiger partial charge < -0.3 is 14.6 Å². The van der Waals surface area contributed by atoms with Crippen LogP contribution in [0.1, 0.15) is 11.4 Å². The molecule has 1 aliphatic heterocycles. The number of para-hydroxylation sites is 3. The molecule has 0 aliphatic carbocycles. The minimum absolute atomic E-state index is 0.0618. The summed E-state index contributed by atoms with van der Waals surface area (Å²) in [6, 6.07) is 15.8. The summed E-state index contributed by atoms with van der Waals surface area (Å²) in [7, 11) is 0. The van der Waals surface area contributed by atoms with Gasteiger partial charge in [-0.05, 0) is 30.7 Å². The SMILES string of the molecule is Cc1nc2ccccc2n1CCNC(=O)[C@@H]1Cc2ccccc2O1. The van der Waals surface area contributed by atoms with Crippen LogP contribution in [0, 0.1) is 6.92 Å². The van der Waals surface area contributed by atoms with Gasteiger partial charge in [-0.15, -0.1) is 0 Å². The standard InChI is InChI=1S/C19H19N3O2/c1-13-21-15-7-3-4-8-16(15)22(13)11-10-20-19(23)18-12-14-6-2-5-9-17(14)24-18/h2-9,18H,10-12H2,1H3,(H,20,23)/t18-/m0/s1. The number of aryl methyl sites for hydroxylation is 1. The molecule has 1 N–H and O–H groups in total. The lowest BCUT2D eigenvalue weighted by Crippen LogP contribution is -2.39. The molecule has 0 saturated carbocycles. The van der Waals surface area contributed by atoms with Crippen molar-refractivity contribution in [1.82, 2.24) is 14.9 Å². The average Bonchev–Trinajstić information content (AvgIpc) is 3.16. The number of nitrogens with zero attached hydrogens (tertiary/aromatic N) is 2. The van der Waals surface area contributed by atoms with E-state index in [1.807, 2.05) is 55.5 Å². The molecule has 0 bridgehead atoms. The molecule has 4 rings (SSSR count). The van der Waals surface area contributed by atoms with Crippen molar-refractivity contribution in [1.29, 1.82) is 0 Å². The Labute approximate surface area is 140 Å². The molecule has 24 heavy (non-hydrogen) atoms. The first-order valence-corrected chi connectivity index (χ1v) is 8.16. The largest absolute Gasteiger partial charge is 0.480 e. The highest BCUT2D eigenvalue weighted by atomic mass is 16.5. The summed E-state index contributed by atoms with van der Waals surface area (Å²) in [5.74, 6) is 1.71. The minimum Gasteiger partial charge on any atom is -0.480 e. The number of benzene rings is 2. The van der Waals surface area contributed by atoms with Gasteiger partial charge in [0.2, 0.25) is 0 Å². The maximum atomic E-state index is 12.3. The fourth-order valence-electron chi connectivity index (χ4n) is 3.21. The van der Waals surface area contributed by atoms with Crippen molar-refractivity contribution >= 4 is 16.9 Å². The lowest BCUT2D eigenvalue weighted by molar-refractivity contribution is -0.127. The Morgan fingerprint density at radius 2 is 2.04 bits per heavy atom. The topological polar surface area (TPSA) is 56.2 Å². The third-order valence-corrected chi connectivity index (χ3v) is 4.42. The van der Waals surface area contributed by atoms with Crippen LogP contribution in [0.5, 0.6) is 5.75 Å². The number of imidazole rings is 1. The Hall–Kier alpha value is -2.82. The van der Waals surface area contributed by atoms with Gasteiger partial charge in [-0.3, -0.25) is 4.79 Å². The lowest BCUT2D eigenvalue weighted by atomic mass is 10.1. The number of aromatic nitrogens is 2. The predicted octanol–water partition coefficient (Wildman–Crippen LogP) is 2.46. The van der Waals surface area contributed by atoms with Crippen LogP contribution in [0.15, 0.2) is 48.5 Å². The molecule has 3 aromatic rings. The van der Waals surface area contributed by atoms with Crippen LogP contribution in [0.4, 0.5) is 0 Å². The number of hydrogen-bond donors (Lipinski definition) is 1. The Balaban J connectivity index is 1.38. The summed E-state index contributed by atoms with van der Waals surface area (Å²) < 4.78 is 7.84. The highest BCUT2D eigenvalue weighted by molar-refractivity contribution is 5.82. The molecule has 1 amide bonds. The van der Waals surface area contributed by atoms with Crippen molar-refractivity contribution < 1.29 is 9.53 Å². The molecule has 0 unspecified atom stereocenters. The number of nitrogens with one attached hydrogen (secondary N) is 1. The molecule has 2 heterocycles. The number of amides is 1. The molecule has 122 valence electrons. The number of hydrogen-bond acceptors (Lipinski definition) is 3. The van der Waals surface area contributed by atoms with E-state index >= 15 is 0 Å². The van der Waals surface area contributed by atoms with Crippen LogP contribution in [-0.2, 0) is 17.8 Å². The second-order valence-corrected chi connectivity index (χ2v) is 6.01. The summed E-state index contributed by atoms with van der Waals surface area (Å²) in [5, 5.41) is 2.98. The molecule has 2 aromatic carbocycles. The van der Waals surface area contributed by atoms with E-state index in [4.69, 9.17) is 4.74 Å². The van der Waals surface area contributed by atoms with Gasteiger partial charge >= 0.3 is 0 Å². The van der Waals surface area contributed by atoms with Gasteiger partial charge in [0.05, 0.1) is 11.0 Å². The smallest absolute Gasteiger partial charge is 0.261 e. The van der Waals surface area contributed by atoms with Gasteiger partial charge in [-0.1, -0.05) is 30.3 Å². The number of carbonyl (C=O) groups is 1. The van der Waals surface area contributed by atoms with Crippen molar-refractivity contribution in [2.24, 2.45) is 0 Å². The van der Waals surface area contributed by atoms with E-state index in [0.717, 1.165) is 28.2 Å².